The molecule has 23 heavy (non-hydrogen) atoms. The minimum absolute atomic E-state index is 0.239. The summed E-state index contributed by atoms with van der Waals surface area (Å²) in [5, 5.41) is 12.1. The van der Waals surface area contributed by atoms with E-state index in [1.807, 2.05) is 37.3 Å². The zero-order chi connectivity index (χ0) is 16.4. The standard InChI is InChI=1S/C18H17FN2O2/c1-2-18(12-21(22)23,13-6-4-3-5-7-13)16-11-20-17-9-8-14(19)10-15(16)17/h3-11,20H,2,12H2,1H3/t18-/m1/s1. The van der Waals surface area contributed by atoms with E-state index in [1.54, 1.807) is 12.3 Å². The summed E-state index contributed by atoms with van der Waals surface area (Å²) in [6.45, 7) is 1.69. The summed E-state index contributed by atoms with van der Waals surface area (Å²) < 4.78 is 13.7. The van der Waals surface area contributed by atoms with Crippen LogP contribution in [0.15, 0.2) is 54.7 Å². The molecular weight excluding hydrogens is 295 g/mol. The topological polar surface area (TPSA) is 58.9 Å². The third-order valence-electron chi connectivity index (χ3n) is 4.49. The first kappa shape index (κ1) is 15.2. The number of hydrogen-bond acceptors (Lipinski definition) is 2. The van der Waals surface area contributed by atoms with Gasteiger partial charge < -0.3 is 4.98 Å². The fourth-order valence-corrected chi connectivity index (χ4v) is 3.30. The number of H-pyrrole nitrogens is 1. The average molecular weight is 312 g/mol. The molecule has 0 aliphatic rings. The molecule has 3 rings (SSSR count). The van der Waals surface area contributed by atoms with Crippen LogP contribution < -0.4 is 0 Å². The fraction of sp³-hybridized carbons (Fsp3) is 0.222. The Hall–Kier alpha value is -2.69. The second kappa shape index (κ2) is 5.83. The van der Waals surface area contributed by atoms with Crippen molar-refractivity contribution in [2.24, 2.45) is 0 Å². The zero-order valence-corrected chi connectivity index (χ0v) is 12.8. The number of halogens is 1. The van der Waals surface area contributed by atoms with E-state index >= 15 is 0 Å². The molecule has 1 atom stereocenters. The largest absolute Gasteiger partial charge is 0.361 e. The molecule has 0 saturated heterocycles. The van der Waals surface area contributed by atoms with Gasteiger partial charge in [-0.2, -0.15) is 0 Å². The first-order chi connectivity index (χ1) is 11.1. The third kappa shape index (κ3) is 2.59. The van der Waals surface area contributed by atoms with E-state index in [9.17, 15) is 14.5 Å². The molecule has 0 bridgehead atoms. The van der Waals surface area contributed by atoms with Crippen molar-refractivity contribution < 1.29 is 9.31 Å². The molecule has 118 valence electrons. The molecular formula is C18H17FN2O2. The van der Waals surface area contributed by atoms with Gasteiger partial charge in [0.2, 0.25) is 6.54 Å². The van der Waals surface area contributed by atoms with Crippen molar-refractivity contribution in [3.8, 4) is 0 Å². The highest BCUT2D eigenvalue weighted by atomic mass is 19.1. The van der Waals surface area contributed by atoms with Gasteiger partial charge in [0.05, 0.1) is 5.41 Å². The first-order valence-electron chi connectivity index (χ1n) is 7.51. The van der Waals surface area contributed by atoms with Crippen LogP contribution in [0.2, 0.25) is 0 Å². The second-order valence-corrected chi connectivity index (χ2v) is 5.68. The number of aromatic nitrogens is 1. The van der Waals surface area contributed by atoms with Crippen LogP contribution in [-0.2, 0) is 5.41 Å². The van der Waals surface area contributed by atoms with Crippen LogP contribution in [0.3, 0.4) is 0 Å². The number of benzene rings is 2. The predicted molar refractivity (Wildman–Crippen MR) is 87.6 cm³/mol. The highest BCUT2D eigenvalue weighted by Crippen LogP contribution is 2.39. The van der Waals surface area contributed by atoms with E-state index in [-0.39, 0.29) is 17.3 Å². The van der Waals surface area contributed by atoms with Crippen LogP contribution >= 0.6 is 0 Å². The maximum absolute atomic E-state index is 13.7. The summed E-state index contributed by atoms with van der Waals surface area (Å²) >= 11 is 0. The summed E-state index contributed by atoms with van der Waals surface area (Å²) in [6.07, 6.45) is 2.31. The Morgan fingerprint density at radius 1 is 1.22 bits per heavy atom. The monoisotopic (exact) mass is 312 g/mol. The Kier molecular flexibility index (Phi) is 3.86. The molecule has 0 aliphatic heterocycles. The lowest BCUT2D eigenvalue weighted by Gasteiger charge is -2.29. The van der Waals surface area contributed by atoms with Gasteiger partial charge in [0, 0.05) is 22.0 Å². The zero-order valence-electron chi connectivity index (χ0n) is 12.8. The van der Waals surface area contributed by atoms with Crippen LogP contribution in [0.1, 0.15) is 24.5 Å². The van der Waals surface area contributed by atoms with E-state index in [4.69, 9.17) is 0 Å². The van der Waals surface area contributed by atoms with Gasteiger partial charge in [-0.3, -0.25) is 10.1 Å². The van der Waals surface area contributed by atoms with Crippen LogP contribution in [0, 0.1) is 15.9 Å². The molecule has 5 heteroatoms. The van der Waals surface area contributed by atoms with Gasteiger partial charge in [0.25, 0.3) is 0 Å². The fourth-order valence-electron chi connectivity index (χ4n) is 3.30. The summed E-state index contributed by atoms with van der Waals surface area (Å²) in [6, 6.07) is 13.9. The lowest BCUT2D eigenvalue weighted by Crippen LogP contribution is -2.35. The van der Waals surface area contributed by atoms with Crippen LogP contribution in [0.25, 0.3) is 10.9 Å². The van der Waals surface area contributed by atoms with Crippen molar-refractivity contribution in [1.82, 2.24) is 4.98 Å². The number of nitrogens with zero attached hydrogens (tertiary/aromatic N) is 1. The second-order valence-electron chi connectivity index (χ2n) is 5.68. The molecule has 4 nitrogen and oxygen atoms in total. The molecule has 1 N–H and O–H groups in total. The maximum atomic E-state index is 13.7. The lowest BCUT2D eigenvalue weighted by atomic mass is 9.72. The van der Waals surface area contributed by atoms with E-state index in [1.165, 1.54) is 12.1 Å². The predicted octanol–water partition coefficient (Wildman–Crippen LogP) is 4.28. The highest BCUT2D eigenvalue weighted by Gasteiger charge is 2.39. The van der Waals surface area contributed by atoms with Gasteiger partial charge in [0.15, 0.2) is 0 Å². The molecule has 0 amide bonds. The number of nitro groups is 1. The van der Waals surface area contributed by atoms with Crippen molar-refractivity contribution in [2.75, 3.05) is 6.54 Å². The third-order valence-corrected chi connectivity index (χ3v) is 4.49. The number of rotatable bonds is 5. The van der Waals surface area contributed by atoms with Crippen molar-refractivity contribution in [3.63, 3.8) is 0 Å². The van der Waals surface area contributed by atoms with Crippen LogP contribution in [-0.4, -0.2) is 16.5 Å². The van der Waals surface area contributed by atoms with Crippen molar-refractivity contribution >= 4 is 10.9 Å². The Morgan fingerprint density at radius 3 is 2.61 bits per heavy atom. The van der Waals surface area contributed by atoms with E-state index < -0.39 is 5.41 Å². The summed E-state index contributed by atoms with van der Waals surface area (Å²) in [5.41, 5.74) is 1.61. The number of fused-ring (bicyclic) bond motifs is 1. The van der Waals surface area contributed by atoms with E-state index in [2.05, 4.69) is 4.98 Å². The normalized spacial score (nSPS) is 13.8. The van der Waals surface area contributed by atoms with Crippen LogP contribution in [0.4, 0.5) is 4.39 Å². The van der Waals surface area contributed by atoms with Crippen molar-refractivity contribution in [1.29, 1.82) is 0 Å². The van der Waals surface area contributed by atoms with Crippen LogP contribution in [0.5, 0.6) is 0 Å². The molecule has 1 aromatic heterocycles. The smallest absolute Gasteiger partial charge is 0.217 e. The highest BCUT2D eigenvalue weighted by molar-refractivity contribution is 5.85. The molecule has 0 unspecified atom stereocenters. The maximum Gasteiger partial charge on any atom is 0.217 e. The number of hydrogen-bond donors (Lipinski definition) is 1. The minimum atomic E-state index is -0.795. The summed E-state index contributed by atoms with van der Waals surface area (Å²) in [5.74, 6) is -0.350. The van der Waals surface area contributed by atoms with E-state index in [0.29, 0.717) is 11.8 Å². The molecule has 0 aliphatic carbocycles. The first-order valence-corrected chi connectivity index (χ1v) is 7.51. The average Bonchev–Trinajstić information content (AvgIpc) is 2.96. The van der Waals surface area contributed by atoms with Crippen molar-refractivity contribution in [3.05, 3.63) is 81.8 Å². The molecule has 0 spiro atoms. The summed E-state index contributed by atoms with van der Waals surface area (Å²) in [7, 11) is 0. The van der Waals surface area contributed by atoms with Gasteiger partial charge in [-0.05, 0) is 35.7 Å². The van der Waals surface area contributed by atoms with Crippen molar-refractivity contribution in [2.45, 2.75) is 18.8 Å². The Labute approximate surface area is 133 Å². The number of aromatic amines is 1. The molecule has 3 aromatic rings. The Morgan fingerprint density at radius 2 is 1.96 bits per heavy atom. The quantitative estimate of drug-likeness (QED) is 0.564. The molecule has 0 fully saturated rings. The Bertz CT molecular complexity index is 845. The molecule has 0 radical (unpaired) electrons. The SMILES string of the molecule is CC[C@@](C[N+](=O)[O-])(c1ccccc1)c1c[nH]c2ccc(F)cc12. The summed E-state index contributed by atoms with van der Waals surface area (Å²) in [4.78, 5) is 14.2. The van der Waals surface area contributed by atoms with Gasteiger partial charge in [0.1, 0.15) is 5.82 Å². The van der Waals surface area contributed by atoms with Gasteiger partial charge in [-0.25, -0.2) is 4.39 Å². The Balaban J connectivity index is 2.29. The molecule has 2 aromatic carbocycles. The van der Waals surface area contributed by atoms with E-state index in [0.717, 1.165) is 16.6 Å². The minimum Gasteiger partial charge on any atom is -0.361 e. The number of nitrogens with one attached hydrogen (secondary N) is 1. The van der Waals surface area contributed by atoms with Gasteiger partial charge >= 0.3 is 0 Å². The molecule has 1 heterocycles. The van der Waals surface area contributed by atoms with Gasteiger partial charge in [-0.15, -0.1) is 0 Å². The lowest BCUT2D eigenvalue weighted by molar-refractivity contribution is -0.489. The van der Waals surface area contributed by atoms with Gasteiger partial charge in [-0.1, -0.05) is 37.3 Å². The molecule has 0 saturated carbocycles.